The van der Waals surface area contributed by atoms with Gasteiger partial charge < -0.3 is 10.1 Å². The Morgan fingerprint density at radius 1 is 1.53 bits per heavy atom. The van der Waals surface area contributed by atoms with Gasteiger partial charge in [-0.3, -0.25) is 14.9 Å². The van der Waals surface area contributed by atoms with E-state index >= 15 is 0 Å². The van der Waals surface area contributed by atoms with Gasteiger partial charge in [-0.25, -0.2) is 4.98 Å². The molecule has 0 spiro atoms. The number of rotatable bonds is 4. The molecule has 7 nitrogen and oxygen atoms in total. The third-order valence-corrected chi connectivity index (χ3v) is 2.90. The zero-order valence-electron chi connectivity index (χ0n) is 9.82. The highest BCUT2D eigenvalue weighted by molar-refractivity contribution is 7.07. The SMILES string of the molecule is COc1cc([N+](=O)[O-])ccc1NC(=O)c1cscn1. The highest BCUT2D eigenvalue weighted by Crippen LogP contribution is 2.29. The highest BCUT2D eigenvalue weighted by Gasteiger charge is 2.14. The Bertz CT molecular complexity index is 612. The van der Waals surface area contributed by atoms with Crippen LogP contribution >= 0.6 is 11.3 Å². The smallest absolute Gasteiger partial charge is 0.275 e. The summed E-state index contributed by atoms with van der Waals surface area (Å²) in [5.41, 5.74) is 2.07. The van der Waals surface area contributed by atoms with Crippen LogP contribution in [0.4, 0.5) is 11.4 Å². The van der Waals surface area contributed by atoms with Crippen LogP contribution in [-0.4, -0.2) is 22.9 Å². The number of nitrogens with one attached hydrogen (secondary N) is 1. The van der Waals surface area contributed by atoms with Crippen LogP contribution in [0.25, 0.3) is 0 Å². The summed E-state index contributed by atoms with van der Waals surface area (Å²) in [5.74, 6) is -0.175. The van der Waals surface area contributed by atoms with Crippen molar-refractivity contribution >= 4 is 28.6 Å². The van der Waals surface area contributed by atoms with Crippen molar-refractivity contribution in [2.24, 2.45) is 0 Å². The third kappa shape index (κ3) is 2.86. The Morgan fingerprint density at radius 2 is 2.32 bits per heavy atom. The molecule has 0 radical (unpaired) electrons. The van der Waals surface area contributed by atoms with E-state index < -0.39 is 10.8 Å². The van der Waals surface area contributed by atoms with Gasteiger partial charge in [-0.15, -0.1) is 11.3 Å². The molecule has 0 aliphatic carbocycles. The number of benzene rings is 1. The number of anilines is 1. The molecule has 0 fully saturated rings. The lowest BCUT2D eigenvalue weighted by atomic mass is 10.2. The first-order valence-electron chi connectivity index (χ1n) is 5.14. The highest BCUT2D eigenvalue weighted by atomic mass is 32.1. The van der Waals surface area contributed by atoms with Crippen molar-refractivity contribution in [2.45, 2.75) is 0 Å². The van der Waals surface area contributed by atoms with Gasteiger partial charge in [-0.2, -0.15) is 0 Å². The zero-order valence-corrected chi connectivity index (χ0v) is 10.6. The predicted octanol–water partition coefficient (Wildman–Crippen LogP) is 2.31. The number of non-ortho nitro benzene ring substituents is 1. The van der Waals surface area contributed by atoms with Crippen LogP contribution in [0, 0.1) is 10.1 Å². The van der Waals surface area contributed by atoms with Crippen LogP contribution in [0.1, 0.15) is 10.5 Å². The number of aromatic nitrogens is 1. The first-order chi connectivity index (χ1) is 9.11. The normalized spacial score (nSPS) is 9.95. The maximum atomic E-state index is 11.8. The Balaban J connectivity index is 2.25. The first-order valence-corrected chi connectivity index (χ1v) is 6.08. The molecule has 0 unspecified atom stereocenters. The summed E-state index contributed by atoms with van der Waals surface area (Å²) in [5, 5.41) is 14.8. The molecule has 98 valence electrons. The Kier molecular flexibility index (Phi) is 3.71. The molecule has 0 saturated heterocycles. The number of nitro benzene ring substituents is 1. The summed E-state index contributed by atoms with van der Waals surface area (Å²) in [7, 11) is 1.37. The molecule has 1 amide bonds. The van der Waals surface area contributed by atoms with Crippen LogP contribution in [0.15, 0.2) is 29.1 Å². The van der Waals surface area contributed by atoms with Gasteiger partial charge in [0.2, 0.25) is 0 Å². The van der Waals surface area contributed by atoms with E-state index in [4.69, 9.17) is 4.74 Å². The number of thiazole rings is 1. The Morgan fingerprint density at radius 3 is 2.89 bits per heavy atom. The maximum absolute atomic E-state index is 11.8. The van der Waals surface area contributed by atoms with Gasteiger partial charge in [0, 0.05) is 11.4 Å². The van der Waals surface area contributed by atoms with Crippen LogP contribution in [0.2, 0.25) is 0 Å². The number of carbonyl (C=O) groups excluding carboxylic acids is 1. The fourth-order valence-electron chi connectivity index (χ4n) is 1.41. The topological polar surface area (TPSA) is 94.4 Å². The molecule has 8 heteroatoms. The lowest BCUT2D eigenvalue weighted by Gasteiger charge is -2.08. The second kappa shape index (κ2) is 5.44. The van der Waals surface area contributed by atoms with Gasteiger partial charge in [-0.1, -0.05) is 0 Å². The van der Waals surface area contributed by atoms with Crippen molar-refractivity contribution in [3.8, 4) is 5.75 Å². The zero-order chi connectivity index (χ0) is 13.8. The molecule has 0 aliphatic heterocycles. The fraction of sp³-hybridized carbons (Fsp3) is 0.0909. The molecule has 0 aliphatic rings. The molecule has 0 saturated carbocycles. The van der Waals surface area contributed by atoms with Crippen LogP contribution in [0.5, 0.6) is 5.75 Å². The molecular formula is C11H9N3O4S. The summed E-state index contributed by atoms with van der Waals surface area (Å²) in [6.07, 6.45) is 0. The third-order valence-electron chi connectivity index (χ3n) is 2.31. The monoisotopic (exact) mass is 279 g/mol. The van der Waals surface area contributed by atoms with E-state index in [1.165, 1.54) is 36.6 Å². The number of nitrogens with zero attached hydrogens (tertiary/aromatic N) is 2. The number of carbonyl (C=O) groups is 1. The number of hydrogen-bond donors (Lipinski definition) is 1. The first kappa shape index (κ1) is 13.0. The quantitative estimate of drug-likeness (QED) is 0.684. The van der Waals surface area contributed by atoms with E-state index in [1.807, 2.05) is 0 Å². The summed E-state index contributed by atoms with van der Waals surface area (Å²) < 4.78 is 5.02. The minimum atomic E-state index is -0.533. The minimum Gasteiger partial charge on any atom is -0.494 e. The predicted molar refractivity (Wildman–Crippen MR) is 69.7 cm³/mol. The molecule has 1 N–H and O–H groups in total. The van der Waals surface area contributed by atoms with E-state index in [0.29, 0.717) is 5.69 Å². The molecule has 2 rings (SSSR count). The summed E-state index contributed by atoms with van der Waals surface area (Å²) >= 11 is 1.30. The van der Waals surface area contributed by atoms with E-state index in [0.717, 1.165) is 0 Å². The molecule has 1 heterocycles. The summed E-state index contributed by atoms with van der Waals surface area (Å²) in [4.78, 5) is 25.8. The van der Waals surface area contributed by atoms with E-state index in [1.54, 1.807) is 10.9 Å². The molecule has 0 bridgehead atoms. The Hall–Kier alpha value is -2.48. The van der Waals surface area contributed by atoms with Crippen molar-refractivity contribution in [1.29, 1.82) is 0 Å². The van der Waals surface area contributed by atoms with Gasteiger partial charge in [0.25, 0.3) is 11.6 Å². The van der Waals surface area contributed by atoms with E-state index in [2.05, 4.69) is 10.3 Å². The average molecular weight is 279 g/mol. The largest absolute Gasteiger partial charge is 0.494 e. The lowest BCUT2D eigenvalue weighted by molar-refractivity contribution is -0.384. The van der Waals surface area contributed by atoms with Gasteiger partial charge in [0.1, 0.15) is 11.4 Å². The molecule has 0 atom stereocenters. The van der Waals surface area contributed by atoms with Gasteiger partial charge in [-0.05, 0) is 6.07 Å². The number of hydrogen-bond acceptors (Lipinski definition) is 6. The Labute approximate surface area is 112 Å². The fourth-order valence-corrected chi connectivity index (χ4v) is 1.94. The molecular weight excluding hydrogens is 270 g/mol. The second-order valence-corrected chi connectivity index (χ2v) is 4.19. The number of nitro groups is 1. The molecule has 2 aromatic rings. The summed E-state index contributed by atoms with van der Waals surface area (Å²) in [6.45, 7) is 0. The summed E-state index contributed by atoms with van der Waals surface area (Å²) in [6, 6.07) is 3.96. The van der Waals surface area contributed by atoms with Crippen molar-refractivity contribution in [2.75, 3.05) is 12.4 Å². The number of ether oxygens (including phenoxy) is 1. The van der Waals surface area contributed by atoms with Crippen LogP contribution in [-0.2, 0) is 0 Å². The van der Waals surface area contributed by atoms with Crippen molar-refractivity contribution in [1.82, 2.24) is 4.98 Å². The maximum Gasteiger partial charge on any atom is 0.275 e. The van der Waals surface area contributed by atoms with Crippen LogP contribution < -0.4 is 10.1 Å². The van der Waals surface area contributed by atoms with Crippen molar-refractivity contribution in [3.05, 3.63) is 44.9 Å². The number of amides is 1. The van der Waals surface area contributed by atoms with Gasteiger partial charge in [0.05, 0.1) is 29.3 Å². The molecule has 19 heavy (non-hydrogen) atoms. The number of methoxy groups -OCH3 is 1. The molecule has 1 aromatic carbocycles. The van der Waals surface area contributed by atoms with Crippen molar-refractivity contribution < 1.29 is 14.5 Å². The van der Waals surface area contributed by atoms with E-state index in [-0.39, 0.29) is 17.1 Å². The average Bonchev–Trinajstić information content (AvgIpc) is 2.92. The molecule has 1 aromatic heterocycles. The van der Waals surface area contributed by atoms with Gasteiger partial charge in [0.15, 0.2) is 0 Å². The van der Waals surface area contributed by atoms with Crippen LogP contribution in [0.3, 0.4) is 0 Å². The second-order valence-electron chi connectivity index (χ2n) is 3.47. The van der Waals surface area contributed by atoms with Crippen molar-refractivity contribution in [3.63, 3.8) is 0 Å². The lowest BCUT2D eigenvalue weighted by Crippen LogP contribution is -2.13. The van der Waals surface area contributed by atoms with E-state index in [9.17, 15) is 14.9 Å². The minimum absolute atomic E-state index is 0.108. The van der Waals surface area contributed by atoms with Gasteiger partial charge >= 0.3 is 0 Å². The standard InChI is InChI=1S/C11H9N3O4S/c1-18-10-4-7(14(16)17)2-3-8(10)13-11(15)9-5-19-6-12-9/h2-6H,1H3,(H,13,15).